The van der Waals surface area contributed by atoms with E-state index in [9.17, 15) is 14.7 Å². The molecule has 0 aliphatic carbocycles. The van der Waals surface area contributed by atoms with E-state index in [1.54, 1.807) is 0 Å². The smallest absolute Gasteiger partial charge is 0.307 e. The molecule has 0 heterocycles. The van der Waals surface area contributed by atoms with Crippen molar-refractivity contribution in [3.05, 3.63) is 35.9 Å². The predicted molar refractivity (Wildman–Crippen MR) is 80.2 cm³/mol. The van der Waals surface area contributed by atoms with Crippen molar-refractivity contribution in [1.29, 1.82) is 0 Å². The Morgan fingerprint density at radius 1 is 1.20 bits per heavy atom. The fourth-order valence-electron chi connectivity index (χ4n) is 2.37. The maximum atomic E-state index is 11.4. The molecule has 5 heteroatoms. The number of hydrogen-bond acceptors (Lipinski definition) is 3. The predicted octanol–water partition coefficient (Wildman–Crippen LogP) is 3.04. The van der Waals surface area contributed by atoms with Gasteiger partial charge >= 0.3 is 11.9 Å². The van der Waals surface area contributed by atoms with Crippen LogP contribution in [0.3, 0.4) is 0 Å². The Hall–Kier alpha value is -1.49. The number of hydrogen-bond donors (Lipinski definition) is 3. The monoisotopic (exact) mass is 296 g/mol. The molecule has 1 aromatic rings. The molecule has 0 saturated heterocycles. The Labute approximate surface area is 124 Å². The van der Waals surface area contributed by atoms with E-state index in [4.69, 9.17) is 5.11 Å². The van der Waals surface area contributed by atoms with Gasteiger partial charge < -0.3 is 10.2 Å². The lowest BCUT2D eigenvalue weighted by atomic mass is 9.84. The Morgan fingerprint density at radius 2 is 1.80 bits per heavy atom. The summed E-state index contributed by atoms with van der Waals surface area (Å²) in [5.41, 5.74) is 1.04. The molecule has 0 bridgehead atoms. The summed E-state index contributed by atoms with van der Waals surface area (Å²) in [6.45, 7) is 1.98. The summed E-state index contributed by atoms with van der Waals surface area (Å²) in [7, 11) is 0. The minimum Gasteiger partial charge on any atom is -0.481 e. The van der Waals surface area contributed by atoms with Gasteiger partial charge in [0.25, 0.3) is 0 Å². The molecule has 0 spiro atoms. The minimum atomic E-state index is -0.986. The van der Waals surface area contributed by atoms with Crippen LogP contribution in [0.1, 0.15) is 37.7 Å². The molecule has 0 aliphatic heterocycles. The fraction of sp³-hybridized carbons (Fsp3) is 0.467. The van der Waals surface area contributed by atoms with Crippen molar-refractivity contribution in [1.82, 2.24) is 0 Å². The number of carboxylic acid groups (broad SMARTS) is 2. The fourth-order valence-corrected chi connectivity index (χ4v) is 3.03. The van der Waals surface area contributed by atoms with Crippen molar-refractivity contribution < 1.29 is 19.8 Å². The molecule has 20 heavy (non-hydrogen) atoms. The van der Waals surface area contributed by atoms with Crippen molar-refractivity contribution in [2.24, 2.45) is 5.92 Å². The first-order valence-corrected chi connectivity index (χ1v) is 7.16. The van der Waals surface area contributed by atoms with Crippen LogP contribution < -0.4 is 0 Å². The number of carbonyl (C=O) groups is 2. The van der Waals surface area contributed by atoms with Gasteiger partial charge in [0.05, 0.1) is 5.92 Å². The molecule has 0 radical (unpaired) electrons. The second-order valence-electron chi connectivity index (χ2n) is 4.79. The molecule has 3 unspecified atom stereocenters. The molecule has 0 aliphatic rings. The van der Waals surface area contributed by atoms with Gasteiger partial charge in [0.1, 0.15) is 0 Å². The van der Waals surface area contributed by atoms with Gasteiger partial charge in [0.2, 0.25) is 0 Å². The Balaban J connectivity index is 2.88. The van der Waals surface area contributed by atoms with E-state index < -0.39 is 23.1 Å². The lowest BCUT2D eigenvalue weighted by Crippen LogP contribution is -2.30. The van der Waals surface area contributed by atoms with E-state index in [-0.39, 0.29) is 18.8 Å². The second kappa shape index (κ2) is 7.94. The standard InChI is InChI=1S/C15H20O4S/c1-2-11(10-6-4-3-5-7-10)14(20)12(15(18)19)8-9-13(16)17/h3-7,11-12,14,20H,2,8-9H2,1H3,(H,16,17)(H,18,19). The van der Waals surface area contributed by atoms with Crippen LogP contribution in [0.4, 0.5) is 0 Å². The number of thiol groups is 1. The average Bonchev–Trinajstić information content (AvgIpc) is 2.40. The molecule has 0 fully saturated rings. The van der Waals surface area contributed by atoms with Gasteiger partial charge in [-0.25, -0.2) is 0 Å². The van der Waals surface area contributed by atoms with E-state index in [2.05, 4.69) is 12.6 Å². The van der Waals surface area contributed by atoms with Crippen LogP contribution in [-0.4, -0.2) is 27.4 Å². The van der Waals surface area contributed by atoms with E-state index in [0.29, 0.717) is 0 Å². The van der Waals surface area contributed by atoms with Crippen LogP contribution in [0.25, 0.3) is 0 Å². The summed E-state index contributed by atoms with van der Waals surface area (Å²) in [6, 6.07) is 9.63. The quantitative estimate of drug-likeness (QED) is 0.645. The molecular formula is C15H20O4S. The summed E-state index contributed by atoms with van der Waals surface area (Å²) in [6.07, 6.45) is 0.705. The van der Waals surface area contributed by atoms with Crippen LogP contribution in [0, 0.1) is 5.92 Å². The summed E-state index contributed by atoms with van der Waals surface area (Å²) in [4.78, 5) is 22.0. The lowest BCUT2D eigenvalue weighted by Gasteiger charge is -2.27. The summed E-state index contributed by atoms with van der Waals surface area (Å²) < 4.78 is 0. The Kier molecular flexibility index (Phi) is 6.58. The normalized spacial score (nSPS) is 15.3. The zero-order valence-corrected chi connectivity index (χ0v) is 12.3. The summed E-state index contributed by atoms with van der Waals surface area (Å²) >= 11 is 4.48. The van der Waals surface area contributed by atoms with Crippen molar-refractivity contribution in [3.63, 3.8) is 0 Å². The highest BCUT2D eigenvalue weighted by Crippen LogP contribution is 2.33. The van der Waals surface area contributed by atoms with Crippen LogP contribution in [0.15, 0.2) is 30.3 Å². The van der Waals surface area contributed by atoms with Crippen LogP contribution in [-0.2, 0) is 9.59 Å². The highest BCUT2D eigenvalue weighted by Gasteiger charge is 2.32. The average molecular weight is 296 g/mol. The number of benzene rings is 1. The number of rotatable bonds is 8. The van der Waals surface area contributed by atoms with E-state index >= 15 is 0 Å². The van der Waals surface area contributed by atoms with Crippen LogP contribution >= 0.6 is 12.6 Å². The van der Waals surface area contributed by atoms with Gasteiger partial charge in [0, 0.05) is 11.7 Å². The SMILES string of the molecule is CCC(c1ccccc1)C(S)C(CCC(=O)O)C(=O)O. The molecule has 1 aromatic carbocycles. The number of carboxylic acids is 2. The third kappa shape index (κ3) is 4.56. The zero-order chi connectivity index (χ0) is 15.1. The second-order valence-corrected chi connectivity index (χ2v) is 5.39. The molecule has 3 atom stereocenters. The largest absolute Gasteiger partial charge is 0.481 e. The molecule has 0 saturated carbocycles. The van der Waals surface area contributed by atoms with Crippen molar-refractivity contribution in [2.45, 2.75) is 37.4 Å². The van der Waals surface area contributed by atoms with Gasteiger partial charge in [-0.3, -0.25) is 9.59 Å². The van der Waals surface area contributed by atoms with Crippen molar-refractivity contribution >= 4 is 24.6 Å². The van der Waals surface area contributed by atoms with Crippen LogP contribution in [0.2, 0.25) is 0 Å². The Morgan fingerprint density at radius 3 is 2.25 bits per heavy atom. The topological polar surface area (TPSA) is 74.6 Å². The maximum absolute atomic E-state index is 11.4. The van der Waals surface area contributed by atoms with Gasteiger partial charge in [0.15, 0.2) is 0 Å². The van der Waals surface area contributed by atoms with E-state index in [1.165, 1.54) is 0 Å². The third-order valence-electron chi connectivity index (χ3n) is 3.48. The summed E-state index contributed by atoms with van der Waals surface area (Å²) in [5.74, 6) is -2.74. The Bertz CT molecular complexity index is 446. The third-order valence-corrected chi connectivity index (χ3v) is 4.20. The highest BCUT2D eigenvalue weighted by atomic mass is 32.1. The van der Waals surface area contributed by atoms with Crippen molar-refractivity contribution in [2.75, 3.05) is 0 Å². The maximum Gasteiger partial charge on any atom is 0.307 e. The molecule has 0 amide bonds. The first kappa shape index (κ1) is 16.6. The van der Waals surface area contributed by atoms with Gasteiger partial charge in [-0.05, 0) is 24.3 Å². The molecular weight excluding hydrogens is 276 g/mol. The molecule has 1 rings (SSSR count). The zero-order valence-electron chi connectivity index (χ0n) is 11.4. The van der Waals surface area contributed by atoms with E-state index in [0.717, 1.165) is 12.0 Å². The van der Waals surface area contributed by atoms with Gasteiger partial charge in [-0.1, -0.05) is 37.3 Å². The van der Waals surface area contributed by atoms with Gasteiger partial charge in [-0.15, -0.1) is 0 Å². The summed E-state index contributed by atoms with van der Waals surface area (Å²) in [5, 5.41) is 17.6. The number of aliphatic carboxylic acids is 2. The molecule has 110 valence electrons. The highest BCUT2D eigenvalue weighted by molar-refractivity contribution is 7.81. The van der Waals surface area contributed by atoms with E-state index in [1.807, 2.05) is 37.3 Å². The van der Waals surface area contributed by atoms with Crippen LogP contribution in [0.5, 0.6) is 0 Å². The first-order valence-electron chi connectivity index (χ1n) is 6.65. The van der Waals surface area contributed by atoms with Crippen molar-refractivity contribution in [3.8, 4) is 0 Å². The molecule has 0 aromatic heterocycles. The first-order chi connectivity index (χ1) is 9.47. The molecule has 4 nitrogen and oxygen atoms in total. The van der Waals surface area contributed by atoms with Gasteiger partial charge in [-0.2, -0.15) is 12.6 Å². The molecule has 2 N–H and O–H groups in total. The lowest BCUT2D eigenvalue weighted by molar-refractivity contribution is -0.143. The minimum absolute atomic E-state index is 0.00516.